The zero-order valence-corrected chi connectivity index (χ0v) is 8.21. The molecule has 1 saturated carbocycles. The first kappa shape index (κ1) is 10.3. The average Bonchev–Trinajstić information content (AvgIpc) is 2.98. The molecular weight excluding hydrogens is 214 g/mol. The van der Waals surface area contributed by atoms with Crippen molar-refractivity contribution in [3.05, 3.63) is 18.0 Å². The Morgan fingerprint density at radius 1 is 1.38 bits per heavy atom. The van der Waals surface area contributed by atoms with Crippen molar-refractivity contribution >= 4 is 17.9 Å². The van der Waals surface area contributed by atoms with E-state index in [4.69, 9.17) is 9.52 Å². The van der Waals surface area contributed by atoms with E-state index in [0.29, 0.717) is 11.8 Å². The quantitative estimate of drug-likeness (QED) is 0.721. The summed E-state index contributed by atoms with van der Waals surface area (Å²) in [6.07, 6.45) is 3.65. The molecule has 2 N–H and O–H groups in total. The van der Waals surface area contributed by atoms with Gasteiger partial charge in [0.15, 0.2) is 0 Å². The lowest BCUT2D eigenvalue weighted by Crippen LogP contribution is -2.08. The summed E-state index contributed by atoms with van der Waals surface area (Å²) < 4.78 is 5.15. The number of carboxylic acid groups (broad SMARTS) is 1. The van der Waals surface area contributed by atoms with Gasteiger partial charge < -0.3 is 9.52 Å². The van der Waals surface area contributed by atoms with E-state index in [1.165, 1.54) is 0 Å². The van der Waals surface area contributed by atoms with Gasteiger partial charge in [0.2, 0.25) is 5.89 Å². The minimum Gasteiger partial charge on any atom is -0.478 e. The molecule has 16 heavy (non-hydrogen) atoms. The summed E-state index contributed by atoms with van der Waals surface area (Å²) in [5, 5.41) is 17.9. The van der Waals surface area contributed by atoms with Gasteiger partial charge in [-0.2, -0.15) is 0 Å². The maximum Gasteiger partial charge on any atom is 0.328 e. The molecule has 1 aromatic heterocycles. The summed E-state index contributed by atoms with van der Waals surface area (Å²) in [6, 6.07) is -0.0121. The first-order valence-corrected chi connectivity index (χ1v) is 4.70. The van der Waals surface area contributed by atoms with Crippen molar-refractivity contribution < 1.29 is 19.1 Å². The van der Waals surface area contributed by atoms with Crippen molar-refractivity contribution in [3.8, 4) is 0 Å². The number of nitrogens with zero attached hydrogens (tertiary/aromatic N) is 2. The molecule has 1 fully saturated rings. The summed E-state index contributed by atoms with van der Waals surface area (Å²) in [6.45, 7) is 0. The molecule has 2 rings (SSSR count). The molecular formula is C9H9N3O4. The van der Waals surface area contributed by atoms with E-state index < -0.39 is 11.9 Å². The van der Waals surface area contributed by atoms with Crippen molar-refractivity contribution in [2.75, 3.05) is 5.32 Å². The molecule has 1 aliphatic carbocycles. The third kappa shape index (κ3) is 2.66. The molecule has 0 unspecified atom stereocenters. The van der Waals surface area contributed by atoms with E-state index in [1.807, 2.05) is 0 Å². The summed E-state index contributed by atoms with van der Waals surface area (Å²) in [5.41, 5.74) is 0. The third-order valence-corrected chi connectivity index (χ3v) is 1.97. The number of carbonyl (C=O) groups excluding carboxylic acids is 1. The van der Waals surface area contributed by atoms with Gasteiger partial charge in [0, 0.05) is 18.1 Å². The Hall–Kier alpha value is -2.18. The zero-order chi connectivity index (χ0) is 11.5. The molecule has 0 spiro atoms. The van der Waals surface area contributed by atoms with Crippen LogP contribution in [-0.2, 0) is 9.59 Å². The van der Waals surface area contributed by atoms with E-state index in [2.05, 4.69) is 15.5 Å². The predicted octanol–water partition coefficient (Wildman–Crippen LogP) is 0.526. The Kier molecular flexibility index (Phi) is 2.67. The molecule has 7 heteroatoms. The first-order valence-electron chi connectivity index (χ1n) is 4.70. The van der Waals surface area contributed by atoms with Gasteiger partial charge in [-0.25, -0.2) is 4.79 Å². The molecule has 1 amide bonds. The lowest BCUT2D eigenvalue weighted by Gasteiger charge is -1.92. The normalized spacial score (nSPS) is 15.2. The minimum atomic E-state index is -1.20. The second-order valence-corrected chi connectivity index (χ2v) is 3.38. The standard InChI is InChI=1S/C9H9N3O4/c13-6(3-4-7(14)15)10-9-12-11-8(16-9)5-1-2-5/h3-5H,1-2H2,(H,14,15)(H,10,12,13)/b4-3+. The van der Waals surface area contributed by atoms with E-state index in [0.717, 1.165) is 25.0 Å². The molecule has 0 radical (unpaired) electrons. The highest BCUT2D eigenvalue weighted by molar-refractivity contribution is 6.01. The Bertz CT molecular complexity index is 447. The van der Waals surface area contributed by atoms with Gasteiger partial charge >= 0.3 is 12.0 Å². The molecule has 0 saturated heterocycles. The van der Waals surface area contributed by atoms with Crippen LogP contribution < -0.4 is 5.32 Å². The number of hydrogen-bond acceptors (Lipinski definition) is 5. The Morgan fingerprint density at radius 3 is 2.75 bits per heavy atom. The number of hydrogen-bond donors (Lipinski definition) is 2. The number of aliphatic carboxylic acids is 1. The highest BCUT2D eigenvalue weighted by Gasteiger charge is 2.29. The van der Waals surface area contributed by atoms with Crippen molar-refractivity contribution in [2.24, 2.45) is 0 Å². The molecule has 0 aromatic carbocycles. The average molecular weight is 223 g/mol. The number of amides is 1. The van der Waals surface area contributed by atoms with Crippen molar-refractivity contribution in [1.29, 1.82) is 0 Å². The van der Waals surface area contributed by atoms with Crippen LogP contribution in [0.3, 0.4) is 0 Å². The van der Waals surface area contributed by atoms with Gasteiger partial charge in [0.25, 0.3) is 5.91 Å². The van der Waals surface area contributed by atoms with Crippen molar-refractivity contribution in [1.82, 2.24) is 10.2 Å². The fourth-order valence-corrected chi connectivity index (χ4v) is 1.07. The smallest absolute Gasteiger partial charge is 0.328 e. The first-order chi connectivity index (χ1) is 7.65. The van der Waals surface area contributed by atoms with Crippen LogP contribution in [-0.4, -0.2) is 27.2 Å². The fourth-order valence-electron chi connectivity index (χ4n) is 1.07. The van der Waals surface area contributed by atoms with Gasteiger partial charge in [-0.1, -0.05) is 5.10 Å². The van der Waals surface area contributed by atoms with Crippen molar-refractivity contribution in [3.63, 3.8) is 0 Å². The monoisotopic (exact) mass is 223 g/mol. The molecule has 84 valence electrons. The van der Waals surface area contributed by atoms with Gasteiger partial charge in [-0.3, -0.25) is 10.1 Å². The summed E-state index contributed by atoms with van der Waals surface area (Å²) in [5.74, 6) is -0.988. The summed E-state index contributed by atoms with van der Waals surface area (Å²) >= 11 is 0. The van der Waals surface area contributed by atoms with E-state index in [-0.39, 0.29) is 6.01 Å². The van der Waals surface area contributed by atoms with Gasteiger partial charge in [-0.15, -0.1) is 5.10 Å². The Balaban J connectivity index is 1.92. The lowest BCUT2D eigenvalue weighted by molar-refractivity contribution is -0.131. The molecule has 0 atom stereocenters. The SMILES string of the molecule is O=C(O)/C=C/C(=O)Nc1nnc(C2CC2)o1. The lowest BCUT2D eigenvalue weighted by atomic mass is 10.4. The highest BCUT2D eigenvalue weighted by Crippen LogP contribution is 2.39. The van der Waals surface area contributed by atoms with Gasteiger partial charge in [-0.05, 0) is 12.8 Å². The predicted molar refractivity (Wildman–Crippen MR) is 51.7 cm³/mol. The Labute approximate surface area is 90.2 Å². The molecule has 7 nitrogen and oxygen atoms in total. The van der Waals surface area contributed by atoms with Crippen LogP contribution >= 0.6 is 0 Å². The van der Waals surface area contributed by atoms with E-state index in [1.54, 1.807) is 0 Å². The second kappa shape index (κ2) is 4.13. The molecule has 0 aliphatic heterocycles. The number of carbonyl (C=O) groups is 2. The number of anilines is 1. The Morgan fingerprint density at radius 2 is 2.12 bits per heavy atom. The zero-order valence-electron chi connectivity index (χ0n) is 8.21. The van der Waals surface area contributed by atoms with Crippen LogP contribution in [0.5, 0.6) is 0 Å². The van der Waals surface area contributed by atoms with Gasteiger partial charge in [0.05, 0.1) is 0 Å². The van der Waals surface area contributed by atoms with Crippen LogP contribution in [0.2, 0.25) is 0 Å². The van der Waals surface area contributed by atoms with Gasteiger partial charge in [0.1, 0.15) is 0 Å². The molecule has 0 bridgehead atoms. The number of aromatic nitrogens is 2. The number of nitrogens with one attached hydrogen (secondary N) is 1. The van der Waals surface area contributed by atoms with Crippen LogP contribution in [0.15, 0.2) is 16.6 Å². The minimum absolute atomic E-state index is 0.0121. The highest BCUT2D eigenvalue weighted by atomic mass is 16.4. The van der Waals surface area contributed by atoms with Crippen LogP contribution in [0.4, 0.5) is 6.01 Å². The van der Waals surface area contributed by atoms with E-state index >= 15 is 0 Å². The van der Waals surface area contributed by atoms with Crippen molar-refractivity contribution in [2.45, 2.75) is 18.8 Å². The fraction of sp³-hybridized carbons (Fsp3) is 0.333. The third-order valence-electron chi connectivity index (χ3n) is 1.97. The van der Waals surface area contributed by atoms with E-state index in [9.17, 15) is 9.59 Å². The maximum atomic E-state index is 11.1. The molecule has 1 aliphatic rings. The largest absolute Gasteiger partial charge is 0.478 e. The molecule has 1 heterocycles. The summed E-state index contributed by atoms with van der Waals surface area (Å²) in [7, 11) is 0. The summed E-state index contributed by atoms with van der Waals surface area (Å²) in [4.78, 5) is 21.3. The number of rotatable bonds is 4. The number of carboxylic acids is 1. The van der Waals surface area contributed by atoms with Crippen LogP contribution in [0.1, 0.15) is 24.7 Å². The second-order valence-electron chi connectivity index (χ2n) is 3.38. The van der Waals surface area contributed by atoms with Crippen LogP contribution in [0.25, 0.3) is 0 Å². The maximum absolute atomic E-state index is 11.1. The topological polar surface area (TPSA) is 105 Å². The van der Waals surface area contributed by atoms with Crippen LogP contribution in [0, 0.1) is 0 Å². The molecule has 1 aromatic rings.